The van der Waals surface area contributed by atoms with Gasteiger partial charge in [-0.25, -0.2) is 4.98 Å². The molecule has 0 saturated heterocycles. The number of aryl methyl sites for hydroxylation is 1. The second-order valence-corrected chi connectivity index (χ2v) is 7.62. The number of nitrogens with one attached hydrogen (secondary N) is 1. The van der Waals surface area contributed by atoms with Gasteiger partial charge in [0.05, 0.1) is 11.9 Å². The number of anilines is 3. The van der Waals surface area contributed by atoms with E-state index in [0.717, 1.165) is 43.0 Å². The number of nitrogens with zero attached hydrogens (tertiary/aromatic N) is 3. The summed E-state index contributed by atoms with van der Waals surface area (Å²) < 4.78 is 5.07. The Morgan fingerprint density at radius 3 is 2.83 bits per heavy atom. The standard InChI is InChI=1S/C24H28N4O2/c1-28(18-8-4-3-5-9-18)23-12-11-19-17(7-6-10-21(19)27-23)15-26-22-16-25-14-13-20(22)24(29)30-2/h3-5,8-9,11-14,16-17,24,26,29H,6-7,10,15H2,1-2H3. The lowest BCUT2D eigenvalue weighted by Crippen LogP contribution is -2.21. The van der Waals surface area contributed by atoms with Crippen LogP contribution in [0.4, 0.5) is 17.2 Å². The van der Waals surface area contributed by atoms with Gasteiger partial charge in [-0.1, -0.05) is 24.3 Å². The Labute approximate surface area is 177 Å². The number of para-hydroxylation sites is 1. The smallest absolute Gasteiger partial charge is 0.182 e. The largest absolute Gasteiger partial charge is 0.383 e. The van der Waals surface area contributed by atoms with Crippen LogP contribution in [0.25, 0.3) is 0 Å². The molecule has 156 valence electrons. The van der Waals surface area contributed by atoms with Gasteiger partial charge in [0.15, 0.2) is 6.29 Å². The average molecular weight is 405 g/mol. The maximum absolute atomic E-state index is 10.1. The molecule has 0 fully saturated rings. The van der Waals surface area contributed by atoms with Crippen LogP contribution in [0.2, 0.25) is 0 Å². The monoisotopic (exact) mass is 404 g/mol. The van der Waals surface area contributed by atoms with E-state index in [0.29, 0.717) is 11.5 Å². The highest BCUT2D eigenvalue weighted by Crippen LogP contribution is 2.34. The Balaban J connectivity index is 1.51. The minimum atomic E-state index is -0.966. The Kier molecular flexibility index (Phi) is 6.26. The molecule has 0 spiro atoms. The van der Waals surface area contributed by atoms with Crippen molar-refractivity contribution in [2.24, 2.45) is 0 Å². The molecule has 2 unspecified atom stereocenters. The number of rotatable bonds is 7. The summed E-state index contributed by atoms with van der Waals surface area (Å²) >= 11 is 0. The number of benzene rings is 1. The lowest BCUT2D eigenvalue weighted by atomic mass is 9.85. The van der Waals surface area contributed by atoms with Crippen LogP contribution >= 0.6 is 0 Å². The van der Waals surface area contributed by atoms with E-state index in [1.54, 1.807) is 18.5 Å². The van der Waals surface area contributed by atoms with Crippen LogP contribution in [-0.2, 0) is 11.2 Å². The van der Waals surface area contributed by atoms with Gasteiger partial charge in [0, 0.05) is 49.8 Å². The lowest BCUT2D eigenvalue weighted by molar-refractivity contribution is -0.0764. The van der Waals surface area contributed by atoms with Crippen molar-refractivity contribution in [3.05, 3.63) is 77.7 Å². The van der Waals surface area contributed by atoms with Crippen molar-refractivity contribution in [1.29, 1.82) is 0 Å². The van der Waals surface area contributed by atoms with Crippen LogP contribution in [0.1, 0.15) is 41.9 Å². The molecule has 6 nitrogen and oxygen atoms in total. The third-order valence-electron chi connectivity index (χ3n) is 5.77. The van der Waals surface area contributed by atoms with Crippen molar-refractivity contribution < 1.29 is 9.84 Å². The predicted molar refractivity (Wildman–Crippen MR) is 119 cm³/mol. The summed E-state index contributed by atoms with van der Waals surface area (Å²) in [5, 5.41) is 13.5. The van der Waals surface area contributed by atoms with E-state index in [-0.39, 0.29) is 0 Å². The molecule has 1 aliphatic rings. The minimum absolute atomic E-state index is 0.366. The molecule has 1 aliphatic carbocycles. The number of methoxy groups -OCH3 is 1. The number of hydrogen-bond acceptors (Lipinski definition) is 6. The zero-order valence-electron chi connectivity index (χ0n) is 17.5. The van der Waals surface area contributed by atoms with Crippen molar-refractivity contribution in [1.82, 2.24) is 9.97 Å². The maximum Gasteiger partial charge on any atom is 0.182 e. The van der Waals surface area contributed by atoms with E-state index in [1.807, 2.05) is 18.2 Å². The molecule has 1 aromatic carbocycles. The quantitative estimate of drug-likeness (QED) is 0.568. The van der Waals surface area contributed by atoms with E-state index in [2.05, 4.69) is 46.5 Å². The number of aliphatic hydroxyl groups excluding tert-OH is 1. The molecular formula is C24H28N4O2. The summed E-state index contributed by atoms with van der Waals surface area (Å²) in [6.07, 6.45) is 5.66. The molecule has 0 radical (unpaired) electrons. The number of aliphatic hydroxyl groups is 1. The third kappa shape index (κ3) is 4.30. The molecule has 0 aliphatic heterocycles. The van der Waals surface area contributed by atoms with Gasteiger partial charge in [-0.15, -0.1) is 0 Å². The lowest BCUT2D eigenvalue weighted by Gasteiger charge is -2.28. The van der Waals surface area contributed by atoms with E-state index in [9.17, 15) is 5.11 Å². The molecule has 6 heteroatoms. The zero-order valence-corrected chi connectivity index (χ0v) is 17.5. The van der Waals surface area contributed by atoms with Gasteiger partial charge in [0.1, 0.15) is 5.82 Å². The first-order valence-corrected chi connectivity index (χ1v) is 10.3. The predicted octanol–water partition coefficient (Wildman–Crippen LogP) is 4.41. The van der Waals surface area contributed by atoms with Gasteiger partial charge in [-0.2, -0.15) is 0 Å². The highest BCUT2D eigenvalue weighted by molar-refractivity contribution is 5.59. The first-order chi connectivity index (χ1) is 14.7. The van der Waals surface area contributed by atoms with Gasteiger partial charge in [-0.05, 0) is 49.1 Å². The highest BCUT2D eigenvalue weighted by Gasteiger charge is 2.23. The van der Waals surface area contributed by atoms with E-state index in [4.69, 9.17) is 9.72 Å². The summed E-state index contributed by atoms with van der Waals surface area (Å²) in [6.45, 7) is 0.762. The molecular weight excluding hydrogens is 376 g/mol. The molecule has 2 atom stereocenters. The second-order valence-electron chi connectivity index (χ2n) is 7.62. The fourth-order valence-electron chi connectivity index (χ4n) is 4.06. The molecule has 2 aromatic heterocycles. The third-order valence-corrected chi connectivity index (χ3v) is 5.77. The normalized spacial score (nSPS) is 16.6. The van der Waals surface area contributed by atoms with Crippen LogP contribution in [0.15, 0.2) is 60.9 Å². The molecule has 30 heavy (non-hydrogen) atoms. The van der Waals surface area contributed by atoms with Crippen molar-refractivity contribution >= 4 is 17.2 Å². The van der Waals surface area contributed by atoms with Gasteiger partial charge in [-0.3, -0.25) is 4.98 Å². The SMILES string of the molecule is COC(O)c1ccncc1NCC1CCCc2nc(N(C)c3ccccc3)ccc21. The number of aromatic nitrogens is 2. The molecule has 0 bridgehead atoms. The number of hydrogen-bond donors (Lipinski definition) is 2. The molecule has 0 saturated carbocycles. The maximum atomic E-state index is 10.1. The Bertz CT molecular complexity index is 980. The van der Waals surface area contributed by atoms with Crippen molar-refractivity contribution in [2.45, 2.75) is 31.5 Å². The Hall–Kier alpha value is -2.96. The summed E-state index contributed by atoms with van der Waals surface area (Å²) in [6, 6.07) is 16.4. The highest BCUT2D eigenvalue weighted by atomic mass is 16.6. The van der Waals surface area contributed by atoms with Crippen molar-refractivity contribution in [3.8, 4) is 0 Å². The van der Waals surface area contributed by atoms with E-state index in [1.165, 1.54) is 18.4 Å². The summed E-state index contributed by atoms with van der Waals surface area (Å²) in [5.41, 5.74) is 5.10. The minimum Gasteiger partial charge on any atom is -0.383 e. The summed E-state index contributed by atoms with van der Waals surface area (Å²) in [7, 11) is 3.54. The number of pyridine rings is 2. The number of ether oxygens (including phenoxy) is 1. The Morgan fingerprint density at radius 2 is 2.03 bits per heavy atom. The van der Waals surface area contributed by atoms with Crippen LogP contribution in [-0.4, -0.2) is 35.8 Å². The van der Waals surface area contributed by atoms with E-state index >= 15 is 0 Å². The molecule has 3 aromatic rings. The van der Waals surface area contributed by atoms with Gasteiger partial charge in [0.2, 0.25) is 0 Å². The average Bonchev–Trinajstić information content (AvgIpc) is 2.82. The molecule has 0 amide bonds. The fourth-order valence-corrected chi connectivity index (χ4v) is 4.06. The Morgan fingerprint density at radius 1 is 1.20 bits per heavy atom. The van der Waals surface area contributed by atoms with Crippen molar-refractivity contribution in [3.63, 3.8) is 0 Å². The molecule has 2 N–H and O–H groups in total. The van der Waals surface area contributed by atoms with E-state index < -0.39 is 6.29 Å². The molecule has 4 rings (SSSR count). The van der Waals surface area contributed by atoms with Crippen LogP contribution in [0.5, 0.6) is 0 Å². The van der Waals surface area contributed by atoms with Crippen LogP contribution < -0.4 is 10.2 Å². The first-order valence-electron chi connectivity index (χ1n) is 10.3. The van der Waals surface area contributed by atoms with Crippen molar-refractivity contribution in [2.75, 3.05) is 30.9 Å². The zero-order chi connectivity index (χ0) is 20.9. The first kappa shape index (κ1) is 20.3. The van der Waals surface area contributed by atoms with Gasteiger partial charge < -0.3 is 20.1 Å². The number of fused-ring (bicyclic) bond motifs is 1. The van der Waals surface area contributed by atoms with Gasteiger partial charge in [0.25, 0.3) is 0 Å². The van der Waals surface area contributed by atoms with Gasteiger partial charge >= 0.3 is 0 Å². The summed E-state index contributed by atoms with van der Waals surface area (Å²) in [5.74, 6) is 1.33. The summed E-state index contributed by atoms with van der Waals surface area (Å²) in [4.78, 5) is 11.3. The van der Waals surface area contributed by atoms with Crippen LogP contribution in [0, 0.1) is 0 Å². The molecule has 2 heterocycles. The topological polar surface area (TPSA) is 70.5 Å². The second kappa shape index (κ2) is 9.24. The fraction of sp³-hybridized carbons (Fsp3) is 0.333. The van der Waals surface area contributed by atoms with Crippen LogP contribution in [0.3, 0.4) is 0 Å².